The van der Waals surface area contributed by atoms with Crippen LogP contribution in [-0.2, 0) is 0 Å². The van der Waals surface area contributed by atoms with Crippen LogP contribution in [0.5, 0.6) is 5.75 Å². The molecule has 2 fully saturated rings. The van der Waals surface area contributed by atoms with Crippen LogP contribution >= 0.6 is 0 Å². The van der Waals surface area contributed by atoms with E-state index in [1.165, 1.54) is 64.2 Å². The fourth-order valence-corrected chi connectivity index (χ4v) is 4.96. The molecule has 0 saturated heterocycles. The summed E-state index contributed by atoms with van der Waals surface area (Å²) in [6.45, 7) is 5.36. The summed E-state index contributed by atoms with van der Waals surface area (Å²) in [5.74, 6) is 11.6. The minimum atomic E-state index is 0.605. The summed E-state index contributed by atoms with van der Waals surface area (Å²) in [6.07, 6.45) is 15.1. The van der Waals surface area contributed by atoms with Gasteiger partial charge in [0.05, 0.1) is 6.61 Å². The molecule has 0 aromatic heterocycles. The molecule has 0 aliphatic heterocycles. The Labute approximate surface area is 167 Å². The molecule has 0 spiro atoms. The third-order valence-corrected chi connectivity index (χ3v) is 6.95. The molecule has 2 aliphatic carbocycles. The van der Waals surface area contributed by atoms with Crippen molar-refractivity contribution in [3.8, 4) is 17.6 Å². The Kier molecular flexibility index (Phi) is 8.12. The van der Waals surface area contributed by atoms with Crippen molar-refractivity contribution in [2.75, 3.05) is 6.61 Å². The first kappa shape index (κ1) is 20.3. The van der Waals surface area contributed by atoms with E-state index in [1.807, 2.05) is 0 Å². The molecule has 1 aromatic carbocycles. The lowest BCUT2D eigenvalue weighted by Gasteiger charge is -2.36. The molecule has 0 unspecified atom stereocenters. The van der Waals surface area contributed by atoms with E-state index < -0.39 is 0 Å². The van der Waals surface area contributed by atoms with Crippen molar-refractivity contribution in [1.29, 1.82) is 0 Å². The second-order valence-corrected chi connectivity index (χ2v) is 8.80. The maximum absolute atomic E-state index is 5.73. The molecule has 0 radical (unpaired) electrons. The molecule has 3 rings (SSSR count). The third-order valence-electron chi connectivity index (χ3n) is 6.95. The Hall–Kier alpha value is -1.42. The highest BCUT2D eigenvalue weighted by Gasteiger charge is 2.29. The number of benzene rings is 1. The zero-order valence-corrected chi connectivity index (χ0v) is 17.5. The fraction of sp³-hybridized carbons (Fsp3) is 0.692. The van der Waals surface area contributed by atoms with E-state index in [-0.39, 0.29) is 0 Å². The predicted molar refractivity (Wildman–Crippen MR) is 115 cm³/mol. The molecule has 1 aromatic rings. The lowest BCUT2D eigenvalue weighted by atomic mass is 9.69. The quantitative estimate of drug-likeness (QED) is 0.381. The molecular formula is C26H38O. The molecule has 0 atom stereocenters. The van der Waals surface area contributed by atoms with Gasteiger partial charge in [-0.3, -0.25) is 0 Å². The van der Waals surface area contributed by atoms with Gasteiger partial charge in [-0.2, -0.15) is 0 Å². The monoisotopic (exact) mass is 366 g/mol. The van der Waals surface area contributed by atoms with E-state index in [0.717, 1.165) is 42.1 Å². The molecular weight excluding hydrogens is 328 g/mol. The van der Waals surface area contributed by atoms with Crippen LogP contribution in [0.1, 0.15) is 90.0 Å². The molecule has 2 saturated carbocycles. The van der Waals surface area contributed by atoms with Gasteiger partial charge in [-0.15, -0.1) is 0 Å². The SMILES string of the molecule is CCCCOc1ccc(C#CC2CCC(C3CCC(CC)CC3)CC2)cc1. The highest BCUT2D eigenvalue weighted by molar-refractivity contribution is 5.38. The van der Waals surface area contributed by atoms with Crippen LogP contribution < -0.4 is 4.74 Å². The zero-order valence-electron chi connectivity index (χ0n) is 17.5. The smallest absolute Gasteiger partial charge is 0.119 e. The van der Waals surface area contributed by atoms with Crippen LogP contribution in [0.4, 0.5) is 0 Å². The average Bonchev–Trinajstić information content (AvgIpc) is 2.74. The van der Waals surface area contributed by atoms with Gasteiger partial charge in [0.15, 0.2) is 0 Å². The molecule has 0 bridgehead atoms. The summed E-state index contributed by atoms with van der Waals surface area (Å²) in [6, 6.07) is 8.32. The molecule has 0 N–H and O–H groups in total. The molecule has 0 heterocycles. The minimum Gasteiger partial charge on any atom is -0.494 e. The Bertz CT molecular complexity index is 589. The van der Waals surface area contributed by atoms with Gasteiger partial charge in [-0.25, -0.2) is 0 Å². The van der Waals surface area contributed by atoms with Crippen LogP contribution in [0.3, 0.4) is 0 Å². The molecule has 1 heteroatoms. The predicted octanol–water partition coefficient (Wildman–Crippen LogP) is 7.24. The van der Waals surface area contributed by atoms with E-state index in [0.29, 0.717) is 5.92 Å². The summed E-state index contributed by atoms with van der Waals surface area (Å²) >= 11 is 0. The highest BCUT2D eigenvalue weighted by atomic mass is 16.5. The standard InChI is InChI=1S/C26H38O/c1-3-5-20-27-26-18-12-23(13-19-26)7-6-22-10-16-25(17-11-22)24-14-8-21(4-2)9-15-24/h12-13,18-19,21-22,24-25H,3-5,8-11,14-17,20H2,1-2H3. The third kappa shape index (κ3) is 6.31. The van der Waals surface area contributed by atoms with E-state index in [1.54, 1.807) is 0 Å². The molecule has 0 amide bonds. The summed E-state index contributed by atoms with van der Waals surface area (Å²) in [5, 5.41) is 0. The van der Waals surface area contributed by atoms with Crippen molar-refractivity contribution in [3.63, 3.8) is 0 Å². The Morgan fingerprint density at radius 2 is 1.48 bits per heavy atom. The first-order valence-corrected chi connectivity index (χ1v) is 11.5. The van der Waals surface area contributed by atoms with E-state index in [4.69, 9.17) is 4.74 Å². The molecule has 1 nitrogen and oxygen atoms in total. The lowest BCUT2D eigenvalue weighted by Crippen LogP contribution is -2.25. The molecule has 27 heavy (non-hydrogen) atoms. The topological polar surface area (TPSA) is 9.23 Å². The van der Waals surface area contributed by atoms with Crippen molar-refractivity contribution in [1.82, 2.24) is 0 Å². The first-order chi connectivity index (χ1) is 13.3. The Morgan fingerprint density at radius 3 is 2.07 bits per heavy atom. The normalized spacial score (nSPS) is 28.2. The average molecular weight is 367 g/mol. The van der Waals surface area contributed by atoms with Gasteiger partial charge >= 0.3 is 0 Å². The maximum Gasteiger partial charge on any atom is 0.119 e. The van der Waals surface area contributed by atoms with E-state index >= 15 is 0 Å². The van der Waals surface area contributed by atoms with E-state index in [2.05, 4.69) is 50.0 Å². The Balaban J connectivity index is 1.42. The van der Waals surface area contributed by atoms with Crippen LogP contribution in [0, 0.1) is 35.5 Å². The summed E-state index contributed by atoms with van der Waals surface area (Å²) in [7, 11) is 0. The highest BCUT2D eigenvalue weighted by Crippen LogP contribution is 2.41. The summed E-state index contributed by atoms with van der Waals surface area (Å²) < 4.78 is 5.73. The maximum atomic E-state index is 5.73. The van der Waals surface area contributed by atoms with Gasteiger partial charge in [-0.05, 0) is 87.0 Å². The van der Waals surface area contributed by atoms with E-state index in [9.17, 15) is 0 Å². The second kappa shape index (κ2) is 10.8. The van der Waals surface area contributed by atoms with Gasteiger partial charge in [-0.1, -0.05) is 51.4 Å². The lowest BCUT2D eigenvalue weighted by molar-refractivity contribution is 0.156. The number of ether oxygens (including phenoxy) is 1. The van der Waals surface area contributed by atoms with Crippen LogP contribution in [-0.4, -0.2) is 6.61 Å². The number of rotatable bonds is 6. The molecule has 2 aliphatic rings. The van der Waals surface area contributed by atoms with Gasteiger partial charge in [0, 0.05) is 11.5 Å². The largest absolute Gasteiger partial charge is 0.494 e. The number of hydrogen-bond acceptors (Lipinski definition) is 1. The fourth-order valence-electron chi connectivity index (χ4n) is 4.96. The summed E-state index contributed by atoms with van der Waals surface area (Å²) in [5.41, 5.74) is 1.12. The first-order valence-electron chi connectivity index (χ1n) is 11.5. The van der Waals surface area contributed by atoms with Crippen LogP contribution in [0.15, 0.2) is 24.3 Å². The van der Waals surface area contributed by atoms with Crippen LogP contribution in [0.2, 0.25) is 0 Å². The van der Waals surface area contributed by atoms with Gasteiger partial charge in [0.1, 0.15) is 5.75 Å². The Morgan fingerprint density at radius 1 is 0.852 bits per heavy atom. The zero-order chi connectivity index (χ0) is 18.9. The summed E-state index contributed by atoms with van der Waals surface area (Å²) in [4.78, 5) is 0. The minimum absolute atomic E-state index is 0.605. The van der Waals surface area contributed by atoms with Gasteiger partial charge < -0.3 is 4.74 Å². The number of unbranched alkanes of at least 4 members (excludes halogenated alkanes) is 1. The molecule has 148 valence electrons. The van der Waals surface area contributed by atoms with Crippen molar-refractivity contribution in [2.45, 2.75) is 84.5 Å². The van der Waals surface area contributed by atoms with Crippen molar-refractivity contribution in [3.05, 3.63) is 29.8 Å². The van der Waals surface area contributed by atoms with Crippen molar-refractivity contribution < 1.29 is 4.74 Å². The second-order valence-electron chi connectivity index (χ2n) is 8.80. The van der Waals surface area contributed by atoms with Crippen LogP contribution in [0.25, 0.3) is 0 Å². The van der Waals surface area contributed by atoms with Gasteiger partial charge in [0.2, 0.25) is 0 Å². The van der Waals surface area contributed by atoms with Gasteiger partial charge in [0.25, 0.3) is 0 Å². The van der Waals surface area contributed by atoms with Crippen molar-refractivity contribution in [2.24, 2.45) is 23.7 Å². The van der Waals surface area contributed by atoms with Crippen molar-refractivity contribution >= 4 is 0 Å². The number of hydrogen-bond donors (Lipinski definition) is 0.